The van der Waals surface area contributed by atoms with E-state index in [1.807, 2.05) is 25.1 Å². The number of hydrogen-bond acceptors (Lipinski definition) is 6. The largest absolute Gasteiger partial charge is 0.493 e. The number of amides is 1. The Morgan fingerprint density at radius 2 is 1.66 bits per heavy atom. The number of ether oxygens (including phenoxy) is 4. The lowest BCUT2D eigenvalue weighted by Crippen LogP contribution is -2.30. The van der Waals surface area contributed by atoms with Gasteiger partial charge in [-0.05, 0) is 55.7 Å². The molecule has 0 saturated carbocycles. The van der Waals surface area contributed by atoms with Gasteiger partial charge in [-0.25, -0.2) is 0 Å². The van der Waals surface area contributed by atoms with Crippen molar-refractivity contribution in [2.45, 2.75) is 32.8 Å². The summed E-state index contributed by atoms with van der Waals surface area (Å²) in [5, 5.41) is 2.74. The molecule has 0 fully saturated rings. The normalized spacial score (nSPS) is 11.3. The van der Waals surface area contributed by atoms with Gasteiger partial charge in [-0.2, -0.15) is 0 Å². The van der Waals surface area contributed by atoms with Crippen LogP contribution in [0, 0.1) is 6.92 Å². The van der Waals surface area contributed by atoms with Crippen molar-refractivity contribution in [3.05, 3.63) is 47.5 Å². The van der Waals surface area contributed by atoms with E-state index in [-0.39, 0.29) is 12.3 Å². The number of carbonyl (C=O) groups is 2. The Kier molecular flexibility index (Phi) is 7.88. The monoisotopic (exact) mass is 401 g/mol. The Hall–Kier alpha value is -3.22. The number of aryl methyl sites for hydroxylation is 2. The van der Waals surface area contributed by atoms with E-state index in [9.17, 15) is 9.59 Å². The molecule has 1 amide bonds. The molecule has 29 heavy (non-hydrogen) atoms. The SMILES string of the molecule is COc1cc(CCC(=O)O[C@@H](C)C(=O)Nc2cccc(C)c2)cc(OC)c1OC. The van der Waals surface area contributed by atoms with Gasteiger partial charge in [0.2, 0.25) is 5.75 Å². The number of anilines is 1. The summed E-state index contributed by atoms with van der Waals surface area (Å²) < 4.78 is 21.2. The molecule has 0 heterocycles. The first-order valence-electron chi connectivity index (χ1n) is 9.23. The fourth-order valence-corrected chi connectivity index (χ4v) is 2.80. The Labute approximate surface area is 170 Å². The molecule has 0 spiro atoms. The van der Waals surface area contributed by atoms with Crippen molar-refractivity contribution in [1.82, 2.24) is 0 Å². The number of benzene rings is 2. The molecule has 0 bridgehead atoms. The van der Waals surface area contributed by atoms with Gasteiger partial charge in [0.05, 0.1) is 21.3 Å². The highest BCUT2D eigenvalue weighted by Gasteiger charge is 2.19. The number of rotatable bonds is 9. The Morgan fingerprint density at radius 1 is 1.00 bits per heavy atom. The summed E-state index contributed by atoms with van der Waals surface area (Å²) in [5.41, 5.74) is 2.52. The maximum Gasteiger partial charge on any atom is 0.306 e. The summed E-state index contributed by atoms with van der Waals surface area (Å²) in [4.78, 5) is 24.4. The molecule has 0 aliphatic rings. The molecule has 0 radical (unpaired) electrons. The lowest BCUT2D eigenvalue weighted by molar-refractivity contribution is -0.153. The van der Waals surface area contributed by atoms with Crippen molar-refractivity contribution < 1.29 is 28.5 Å². The van der Waals surface area contributed by atoms with Gasteiger partial charge in [0.15, 0.2) is 17.6 Å². The summed E-state index contributed by atoms with van der Waals surface area (Å²) in [6.45, 7) is 3.48. The van der Waals surface area contributed by atoms with E-state index in [1.54, 1.807) is 25.1 Å². The maximum absolute atomic E-state index is 12.2. The molecule has 7 nitrogen and oxygen atoms in total. The van der Waals surface area contributed by atoms with Crippen molar-refractivity contribution >= 4 is 17.6 Å². The molecule has 7 heteroatoms. The molecule has 1 N–H and O–H groups in total. The molecule has 2 aromatic rings. The maximum atomic E-state index is 12.2. The third-order valence-corrected chi connectivity index (χ3v) is 4.31. The van der Waals surface area contributed by atoms with Crippen LogP contribution in [0.25, 0.3) is 0 Å². The van der Waals surface area contributed by atoms with Gasteiger partial charge in [0.25, 0.3) is 5.91 Å². The van der Waals surface area contributed by atoms with E-state index in [0.29, 0.717) is 29.4 Å². The Balaban J connectivity index is 1.93. The zero-order valence-electron chi connectivity index (χ0n) is 17.4. The molecule has 1 atom stereocenters. The Morgan fingerprint density at radius 3 is 2.21 bits per heavy atom. The fourth-order valence-electron chi connectivity index (χ4n) is 2.80. The van der Waals surface area contributed by atoms with Crippen molar-refractivity contribution in [3.8, 4) is 17.2 Å². The number of nitrogens with one attached hydrogen (secondary N) is 1. The van der Waals surface area contributed by atoms with Crippen LogP contribution in [-0.4, -0.2) is 39.3 Å². The Bertz CT molecular complexity index is 839. The number of carbonyl (C=O) groups excluding carboxylic acids is 2. The van der Waals surface area contributed by atoms with Gasteiger partial charge in [0.1, 0.15) is 0 Å². The summed E-state index contributed by atoms with van der Waals surface area (Å²) in [7, 11) is 4.59. The minimum Gasteiger partial charge on any atom is -0.493 e. The van der Waals surface area contributed by atoms with Crippen LogP contribution in [0.5, 0.6) is 17.2 Å². The topological polar surface area (TPSA) is 83.1 Å². The van der Waals surface area contributed by atoms with E-state index < -0.39 is 12.1 Å². The molecule has 0 saturated heterocycles. The summed E-state index contributed by atoms with van der Waals surface area (Å²) in [6.07, 6.45) is -0.384. The summed E-state index contributed by atoms with van der Waals surface area (Å²) in [5.74, 6) is 0.674. The third kappa shape index (κ3) is 6.14. The van der Waals surface area contributed by atoms with Gasteiger partial charge < -0.3 is 24.3 Å². The van der Waals surface area contributed by atoms with Gasteiger partial charge >= 0.3 is 5.97 Å². The van der Waals surface area contributed by atoms with Crippen LogP contribution in [0.4, 0.5) is 5.69 Å². The zero-order chi connectivity index (χ0) is 21.4. The fraction of sp³-hybridized carbons (Fsp3) is 0.364. The number of methoxy groups -OCH3 is 3. The predicted molar refractivity (Wildman–Crippen MR) is 110 cm³/mol. The van der Waals surface area contributed by atoms with Crippen molar-refractivity contribution in [1.29, 1.82) is 0 Å². The quantitative estimate of drug-likeness (QED) is 0.648. The lowest BCUT2D eigenvalue weighted by atomic mass is 10.1. The first-order chi connectivity index (χ1) is 13.9. The van der Waals surface area contributed by atoms with E-state index >= 15 is 0 Å². The first-order valence-corrected chi connectivity index (χ1v) is 9.23. The average molecular weight is 401 g/mol. The second-order valence-corrected chi connectivity index (χ2v) is 6.52. The van der Waals surface area contributed by atoms with E-state index in [0.717, 1.165) is 11.1 Å². The van der Waals surface area contributed by atoms with Gasteiger partial charge in [-0.3, -0.25) is 9.59 Å². The molecular weight excluding hydrogens is 374 g/mol. The van der Waals surface area contributed by atoms with Crippen LogP contribution >= 0.6 is 0 Å². The second-order valence-electron chi connectivity index (χ2n) is 6.52. The molecule has 0 aliphatic carbocycles. The second kappa shape index (κ2) is 10.4. The highest BCUT2D eigenvalue weighted by molar-refractivity contribution is 5.95. The van der Waals surface area contributed by atoms with Crippen molar-refractivity contribution in [2.24, 2.45) is 0 Å². The number of esters is 1. The van der Waals surface area contributed by atoms with Crippen LogP contribution in [0.2, 0.25) is 0 Å². The van der Waals surface area contributed by atoms with Gasteiger partial charge in [-0.1, -0.05) is 12.1 Å². The van der Waals surface area contributed by atoms with Crippen LogP contribution in [0.1, 0.15) is 24.5 Å². The minimum atomic E-state index is -0.900. The molecule has 0 aromatic heterocycles. The van der Waals surface area contributed by atoms with Crippen molar-refractivity contribution in [2.75, 3.05) is 26.6 Å². The van der Waals surface area contributed by atoms with Crippen LogP contribution in [0.3, 0.4) is 0 Å². The van der Waals surface area contributed by atoms with Gasteiger partial charge in [-0.15, -0.1) is 0 Å². The van der Waals surface area contributed by atoms with Crippen LogP contribution in [-0.2, 0) is 20.7 Å². The van der Waals surface area contributed by atoms with E-state index in [4.69, 9.17) is 18.9 Å². The average Bonchev–Trinajstić information content (AvgIpc) is 2.71. The number of hydrogen-bond donors (Lipinski definition) is 1. The first kappa shape index (κ1) is 22.1. The van der Waals surface area contributed by atoms with E-state index in [2.05, 4.69) is 5.32 Å². The minimum absolute atomic E-state index is 0.112. The van der Waals surface area contributed by atoms with Crippen LogP contribution < -0.4 is 19.5 Å². The highest BCUT2D eigenvalue weighted by atomic mass is 16.5. The predicted octanol–water partition coefficient (Wildman–Crippen LogP) is 3.52. The smallest absolute Gasteiger partial charge is 0.306 e. The standard InChI is InChI=1S/C22H27NO6/c1-14-7-6-8-17(11-14)23-22(25)15(2)29-20(24)10-9-16-12-18(26-3)21(28-5)19(13-16)27-4/h6-8,11-13,15H,9-10H2,1-5H3,(H,23,25)/t15-/m0/s1. The van der Waals surface area contributed by atoms with Gasteiger partial charge in [0, 0.05) is 12.1 Å². The lowest BCUT2D eigenvalue weighted by Gasteiger charge is -2.15. The van der Waals surface area contributed by atoms with Crippen molar-refractivity contribution in [3.63, 3.8) is 0 Å². The third-order valence-electron chi connectivity index (χ3n) is 4.31. The summed E-state index contributed by atoms with van der Waals surface area (Å²) >= 11 is 0. The zero-order valence-corrected chi connectivity index (χ0v) is 17.4. The molecule has 2 aromatic carbocycles. The van der Waals surface area contributed by atoms with E-state index in [1.165, 1.54) is 21.3 Å². The molecule has 2 rings (SSSR count). The molecule has 156 valence electrons. The molecule has 0 aliphatic heterocycles. The molecular formula is C22H27NO6. The highest BCUT2D eigenvalue weighted by Crippen LogP contribution is 2.38. The molecule has 0 unspecified atom stereocenters. The van der Waals surface area contributed by atoms with Crippen LogP contribution in [0.15, 0.2) is 36.4 Å². The summed E-state index contributed by atoms with van der Waals surface area (Å²) in [6, 6.07) is 11.0.